The Balaban J connectivity index is 3.97. The molecule has 0 saturated carbocycles. The Kier molecular flexibility index (Phi) is 5.29. The molecule has 5 nitrogen and oxygen atoms in total. The zero-order valence-corrected chi connectivity index (χ0v) is 8.89. The van der Waals surface area contributed by atoms with Gasteiger partial charge < -0.3 is 16.9 Å². The van der Waals surface area contributed by atoms with Crippen LogP contribution in [0.25, 0.3) is 0 Å². The Morgan fingerprint density at radius 3 is 2.38 bits per heavy atom. The van der Waals surface area contributed by atoms with Crippen LogP contribution in [-0.4, -0.2) is 22.4 Å². The third-order valence-electron chi connectivity index (χ3n) is 1.22. The van der Waals surface area contributed by atoms with Crippen molar-refractivity contribution in [2.45, 2.75) is 32.1 Å². The summed E-state index contributed by atoms with van der Waals surface area (Å²) >= 11 is 1.14. The molecule has 0 bridgehead atoms. The van der Waals surface area contributed by atoms with Crippen LogP contribution in [0.3, 0.4) is 0 Å². The molecular formula is C7H16N4OS. The third-order valence-corrected chi connectivity index (χ3v) is 2.14. The van der Waals surface area contributed by atoms with E-state index in [1.165, 1.54) is 0 Å². The van der Waals surface area contributed by atoms with Crippen LogP contribution in [-0.2, 0) is 4.79 Å². The van der Waals surface area contributed by atoms with Crippen LogP contribution in [0.1, 0.15) is 20.8 Å². The van der Waals surface area contributed by atoms with Crippen LogP contribution in [0.4, 0.5) is 0 Å². The molecule has 1 amide bonds. The second-order valence-corrected chi connectivity index (χ2v) is 4.25. The molecule has 0 saturated heterocycles. The molecule has 5 N–H and O–H groups in total. The molecule has 0 radical (unpaired) electrons. The van der Waals surface area contributed by atoms with E-state index in [2.05, 4.69) is 10.4 Å². The number of hydrogen-bond donors (Lipinski definition) is 3. The van der Waals surface area contributed by atoms with E-state index >= 15 is 0 Å². The number of rotatable bonds is 3. The number of carbonyl (C=O) groups is 1. The van der Waals surface area contributed by atoms with Gasteiger partial charge in [0, 0.05) is 6.04 Å². The van der Waals surface area contributed by atoms with Crippen molar-refractivity contribution in [3.63, 3.8) is 0 Å². The molecule has 0 aliphatic heterocycles. The van der Waals surface area contributed by atoms with Gasteiger partial charge in [0.25, 0.3) is 0 Å². The summed E-state index contributed by atoms with van der Waals surface area (Å²) in [5, 5.41) is 5.97. The number of amides is 1. The average molecular weight is 204 g/mol. The molecule has 13 heavy (non-hydrogen) atoms. The number of hydrazone groups is 1. The Hall–Kier alpha value is -0.910. The quantitative estimate of drug-likeness (QED) is 0.257. The van der Waals surface area contributed by atoms with E-state index in [1.54, 1.807) is 6.92 Å². The van der Waals surface area contributed by atoms with Crippen LogP contribution < -0.4 is 16.9 Å². The number of nitrogens with two attached hydrogens (primary N) is 2. The van der Waals surface area contributed by atoms with Gasteiger partial charge in [-0.1, -0.05) is 11.8 Å². The molecule has 0 aliphatic rings. The second-order valence-electron chi connectivity index (χ2n) is 2.89. The SMILES string of the molecule is CC(C)NC(=O)C(C)SC(N)=NN. The van der Waals surface area contributed by atoms with Gasteiger partial charge in [0.2, 0.25) is 5.91 Å². The fourth-order valence-corrected chi connectivity index (χ4v) is 1.27. The zero-order chi connectivity index (χ0) is 10.4. The standard InChI is InChI=1S/C7H16N4OS/c1-4(2)10-6(12)5(3)13-7(8)11-9/h4-5H,9H2,1-3H3,(H2,8,11)(H,10,12). The Labute approximate surface area is 82.3 Å². The second kappa shape index (κ2) is 5.69. The van der Waals surface area contributed by atoms with Gasteiger partial charge in [0.15, 0.2) is 5.17 Å². The zero-order valence-electron chi connectivity index (χ0n) is 8.07. The number of amidine groups is 1. The Morgan fingerprint density at radius 2 is 2.00 bits per heavy atom. The maximum Gasteiger partial charge on any atom is 0.233 e. The number of thioether (sulfide) groups is 1. The monoisotopic (exact) mass is 204 g/mol. The molecule has 1 atom stereocenters. The minimum absolute atomic E-state index is 0.0633. The molecule has 0 heterocycles. The summed E-state index contributed by atoms with van der Waals surface area (Å²) in [5.41, 5.74) is 5.35. The highest BCUT2D eigenvalue weighted by Crippen LogP contribution is 2.09. The van der Waals surface area contributed by atoms with Gasteiger partial charge in [-0.15, -0.1) is 0 Å². The van der Waals surface area contributed by atoms with Crippen molar-refractivity contribution in [3.8, 4) is 0 Å². The lowest BCUT2D eigenvalue weighted by molar-refractivity contribution is -0.120. The summed E-state index contributed by atoms with van der Waals surface area (Å²) in [7, 11) is 0. The van der Waals surface area contributed by atoms with E-state index in [0.717, 1.165) is 11.8 Å². The molecule has 1 unspecified atom stereocenters. The molecule has 0 fully saturated rings. The fraction of sp³-hybridized carbons (Fsp3) is 0.714. The fourth-order valence-electron chi connectivity index (χ4n) is 0.667. The normalized spacial score (nSPS) is 14.3. The highest BCUT2D eigenvalue weighted by Gasteiger charge is 2.15. The highest BCUT2D eigenvalue weighted by atomic mass is 32.2. The van der Waals surface area contributed by atoms with E-state index in [1.807, 2.05) is 13.8 Å². The van der Waals surface area contributed by atoms with Crippen LogP contribution in [0.5, 0.6) is 0 Å². The van der Waals surface area contributed by atoms with Crippen LogP contribution in [0, 0.1) is 0 Å². The third kappa shape index (κ3) is 5.35. The van der Waals surface area contributed by atoms with Crippen LogP contribution in [0.2, 0.25) is 0 Å². The molecule has 0 aliphatic carbocycles. The van der Waals surface area contributed by atoms with Crippen molar-refractivity contribution in [1.29, 1.82) is 0 Å². The van der Waals surface area contributed by atoms with E-state index in [4.69, 9.17) is 11.6 Å². The first-order valence-electron chi connectivity index (χ1n) is 3.97. The predicted molar refractivity (Wildman–Crippen MR) is 56.1 cm³/mol. The van der Waals surface area contributed by atoms with Crippen molar-refractivity contribution in [2.75, 3.05) is 0 Å². The lowest BCUT2D eigenvalue weighted by Crippen LogP contribution is -2.37. The summed E-state index contributed by atoms with van der Waals surface area (Å²) < 4.78 is 0. The first kappa shape index (κ1) is 12.1. The summed E-state index contributed by atoms with van der Waals surface area (Å²) in [5.74, 6) is 4.87. The van der Waals surface area contributed by atoms with Crippen molar-refractivity contribution >= 4 is 22.8 Å². The van der Waals surface area contributed by atoms with Gasteiger partial charge in [-0.2, -0.15) is 5.10 Å². The summed E-state index contributed by atoms with van der Waals surface area (Å²) in [6, 6.07) is 0.131. The summed E-state index contributed by atoms with van der Waals surface area (Å²) in [6.07, 6.45) is 0. The van der Waals surface area contributed by atoms with Crippen molar-refractivity contribution in [2.24, 2.45) is 16.7 Å². The smallest absolute Gasteiger partial charge is 0.233 e. The predicted octanol–water partition coefficient (Wildman–Crippen LogP) is -0.179. The van der Waals surface area contributed by atoms with Crippen molar-refractivity contribution < 1.29 is 4.79 Å². The molecule has 0 rings (SSSR count). The first-order chi connectivity index (χ1) is 5.97. The van der Waals surface area contributed by atoms with Gasteiger partial charge in [-0.25, -0.2) is 0 Å². The van der Waals surface area contributed by atoms with E-state index in [0.29, 0.717) is 0 Å². The topological polar surface area (TPSA) is 93.5 Å². The Morgan fingerprint density at radius 1 is 1.46 bits per heavy atom. The lowest BCUT2D eigenvalue weighted by atomic mass is 10.3. The maximum absolute atomic E-state index is 11.3. The van der Waals surface area contributed by atoms with E-state index in [-0.39, 0.29) is 22.4 Å². The summed E-state index contributed by atoms with van der Waals surface area (Å²) in [6.45, 7) is 5.55. The Bertz CT molecular complexity index is 205. The number of nitrogens with one attached hydrogen (secondary N) is 1. The summed E-state index contributed by atoms with van der Waals surface area (Å²) in [4.78, 5) is 11.3. The van der Waals surface area contributed by atoms with Gasteiger partial charge >= 0.3 is 0 Å². The molecule has 0 aromatic carbocycles. The van der Waals surface area contributed by atoms with Crippen LogP contribution in [0.15, 0.2) is 5.10 Å². The van der Waals surface area contributed by atoms with Crippen molar-refractivity contribution in [3.05, 3.63) is 0 Å². The highest BCUT2D eigenvalue weighted by molar-refractivity contribution is 8.14. The minimum Gasteiger partial charge on any atom is -0.377 e. The van der Waals surface area contributed by atoms with Crippen LogP contribution >= 0.6 is 11.8 Å². The lowest BCUT2D eigenvalue weighted by Gasteiger charge is -2.13. The van der Waals surface area contributed by atoms with E-state index in [9.17, 15) is 4.79 Å². The average Bonchev–Trinajstić information content (AvgIpc) is 2.02. The first-order valence-corrected chi connectivity index (χ1v) is 4.85. The number of carbonyl (C=O) groups excluding carboxylic acids is 1. The molecule has 0 aromatic rings. The van der Waals surface area contributed by atoms with Gasteiger partial charge in [0.05, 0.1) is 5.25 Å². The molecule has 6 heteroatoms. The number of nitrogens with zero attached hydrogens (tertiary/aromatic N) is 1. The number of hydrogen-bond acceptors (Lipinski definition) is 4. The molecule has 76 valence electrons. The molecule has 0 aromatic heterocycles. The van der Waals surface area contributed by atoms with E-state index < -0.39 is 0 Å². The molecule has 0 spiro atoms. The molecular weight excluding hydrogens is 188 g/mol. The maximum atomic E-state index is 11.3. The minimum atomic E-state index is -0.269. The van der Waals surface area contributed by atoms with Crippen molar-refractivity contribution in [1.82, 2.24) is 5.32 Å². The van der Waals surface area contributed by atoms with Gasteiger partial charge in [-0.05, 0) is 20.8 Å². The van der Waals surface area contributed by atoms with Gasteiger partial charge in [0.1, 0.15) is 0 Å². The van der Waals surface area contributed by atoms with Gasteiger partial charge in [-0.3, -0.25) is 4.79 Å². The largest absolute Gasteiger partial charge is 0.377 e.